The van der Waals surface area contributed by atoms with E-state index < -0.39 is 5.41 Å². The lowest BCUT2D eigenvalue weighted by molar-refractivity contribution is -0.124. The molecule has 3 aromatic heterocycles. The van der Waals surface area contributed by atoms with Gasteiger partial charge >= 0.3 is 0 Å². The molecular formula is C30H31N5O3S. The van der Waals surface area contributed by atoms with Crippen LogP contribution in [0.3, 0.4) is 0 Å². The fourth-order valence-corrected chi connectivity index (χ4v) is 5.26. The van der Waals surface area contributed by atoms with E-state index in [1.165, 1.54) is 11.3 Å². The fourth-order valence-electron chi connectivity index (χ4n) is 4.82. The number of ketones is 1. The van der Waals surface area contributed by atoms with Crippen LogP contribution in [0.4, 0.5) is 5.13 Å². The number of hydrogen-bond donors (Lipinski definition) is 1. The Morgan fingerprint density at radius 2 is 1.59 bits per heavy atom. The zero-order chi connectivity index (χ0) is 27.9. The number of amides is 1. The van der Waals surface area contributed by atoms with Gasteiger partial charge < -0.3 is 10.1 Å². The summed E-state index contributed by atoms with van der Waals surface area (Å²) in [5, 5.41) is 11.1. The van der Waals surface area contributed by atoms with E-state index in [1.807, 2.05) is 69.3 Å². The number of carbonyl (C=O) groups is 2. The number of pyridine rings is 2. The third-order valence-electron chi connectivity index (χ3n) is 6.81. The van der Waals surface area contributed by atoms with Crippen molar-refractivity contribution in [2.45, 2.75) is 53.9 Å². The van der Waals surface area contributed by atoms with Crippen LogP contribution in [0.1, 0.15) is 74.1 Å². The van der Waals surface area contributed by atoms with E-state index in [4.69, 9.17) is 9.72 Å². The Bertz CT molecular complexity index is 1540. The first-order chi connectivity index (χ1) is 18.4. The lowest BCUT2D eigenvalue weighted by atomic mass is 9.70. The third-order valence-corrected chi connectivity index (χ3v) is 7.42. The molecule has 1 aliphatic rings. The summed E-state index contributed by atoms with van der Waals surface area (Å²) >= 11 is 1.27. The van der Waals surface area contributed by atoms with E-state index in [2.05, 4.69) is 41.3 Å². The third kappa shape index (κ3) is 5.45. The van der Waals surface area contributed by atoms with Gasteiger partial charge in [-0.25, -0.2) is 9.97 Å². The topological polar surface area (TPSA) is 107 Å². The van der Waals surface area contributed by atoms with Crippen molar-refractivity contribution in [3.63, 3.8) is 0 Å². The highest BCUT2D eigenvalue weighted by molar-refractivity contribution is 7.13. The quantitative estimate of drug-likeness (QED) is 0.267. The zero-order valence-electron chi connectivity index (χ0n) is 22.9. The first kappa shape index (κ1) is 26.6. The van der Waals surface area contributed by atoms with Gasteiger partial charge in [-0.15, -0.1) is 10.2 Å². The Morgan fingerprint density at radius 1 is 0.923 bits per heavy atom. The maximum atomic E-state index is 13.5. The van der Waals surface area contributed by atoms with Gasteiger partial charge in [0.1, 0.15) is 5.51 Å². The molecule has 200 valence electrons. The molecular weight excluding hydrogens is 510 g/mol. The highest BCUT2D eigenvalue weighted by Gasteiger charge is 2.45. The molecule has 4 heterocycles. The van der Waals surface area contributed by atoms with Crippen molar-refractivity contribution >= 4 is 28.2 Å². The summed E-state index contributed by atoms with van der Waals surface area (Å²) in [6, 6.07) is 15.3. The van der Waals surface area contributed by atoms with Crippen molar-refractivity contribution in [3.8, 4) is 23.0 Å². The molecule has 0 unspecified atom stereocenters. The molecule has 1 aliphatic heterocycles. The van der Waals surface area contributed by atoms with Gasteiger partial charge in [-0.2, -0.15) is 0 Å². The summed E-state index contributed by atoms with van der Waals surface area (Å²) in [4.78, 5) is 35.6. The van der Waals surface area contributed by atoms with Crippen LogP contribution in [0.25, 0.3) is 11.3 Å². The monoisotopic (exact) mass is 541 g/mol. The molecule has 0 spiro atoms. The van der Waals surface area contributed by atoms with E-state index in [0.717, 1.165) is 22.4 Å². The van der Waals surface area contributed by atoms with Gasteiger partial charge in [-0.1, -0.05) is 82.4 Å². The predicted molar refractivity (Wildman–Crippen MR) is 151 cm³/mol. The van der Waals surface area contributed by atoms with Crippen LogP contribution < -0.4 is 10.1 Å². The number of rotatable bonds is 6. The average molecular weight is 542 g/mol. The SMILES string of the molecule is Cc1ccc2c(n1)Oc1nc(-c3ccc(C(=O)CC(C)(C)C)cc3)ccc1[C@H]2C(C)(C)C(=O)Nc1nncs1. The van der Waals surface area contributed by atoms with E-state index in [0.29, 0.717) is 34.6 Å². The second-order valence-electron chi connectivity index (χ2n) is 11.6. The second-order valence-corrected chi connectivity index (χ2v) is 12.5. The van der Waals surface area contributed by atoms with E-state index in [-0.39, 0.29) is 23.0 Å². The fraction of sp³-hybridized carbons (Fsp3) is 0.333. The molecule has 8 nitrogen and oxygen atoms in total. The predicted octanol–water partition coefficient (Wildman–Crippen LogP) is 6.82. The lowest BCUT2D eigenvalue weighted by Gasteiger charge is -2.37. The summed E-state index contributed by atoms with van der Waals surface area (Å²) in [5.74, 6) is 0.412. The van der Waals surface area contributed by atoms with Crippen LogP contribution in [0.15, 0.2) is 54.0 Å². The number of fused-ring (bicyclic) bond motifs is 2. The van der Waals surface area contributed by atoms with Gasteiger partial charge in [0, 0.05) is 40.3 Å². The number of benzene rings is 1. The average Bonchev–Trinajstić information content (AvgIpc) is 3.39. The Labute approximate surface area is 231 Å². The highest BCUT2D eigenvalue weighted by atomic mass is 32.1. The Balaban J connectivity index is 1.50. The molecule has 4 aromatic rings. The number of Topliss-reactive ketones (excluding diaryl/α,β-unsaturated/α-hetero) is 1. The molecule has 0 fully saturated rings. The number of nitrogens with one attached hydrogen (secondary N) is 1. The normalized spacial score (nSPS) is 14.7. The van der Waals surface area contributed by atoms with E-state index in [1.54, 1.807) is 5.51 Å². The molecule has 5 rings (SSSR count). The maximum absolute atomic E-state index is 13.5. The van der Waals surface area contributed by atoms with Crippen LogP contribution in [0.2, 0.25) is 0 Å². The van der Waals surface area contributed by atoms with Crippen LogP contribution in [0.5, 0.6) is 11.8 Å². The molecule has 9 heteroatoms. The van der Waals surface area contributed by atoms with Crippen molar-refractivity contribution in [1.82, 2.24) is 20.2 Å². The zero-order valence-corrected chi connectivity index (χ0v) is 23.7. The number of nitrogens with zero attached hydrogens (tertiary/aromatic N) is 4. The van der Waals surface area contributed by atoms with Crippen molar-refractivity contribution in [2.75, 3.05) is 5.32 Å². The molecule has 1 N–H and O–H groups in total. The lowest BCUT2D eigenvalue weighted by Crippen LogP contribution is -2.38. The smallest absolute Gasteiger partial charge is 0.232 e. The van der Waals surface area contributed by atoms with E-state index in [9.17, 15) is 9.59 Å². The minimum absolute atomic E-state index is 0.0752. The summed E-state index contributed by atoms with van der Waals surface area (Å²) in [6.07, 6.45) is 0.479. The Morgan fingerprint density at radius 3 is 2.23 bits per heavy atom. The van der Waals surface area contributed by atoms with Crippen molar-refractivity contribution in [1.29, 1.82) is 0 Å². The first-order valence-electron chi connectivity index (χ1n) is 12.8. The molecule has 0 bridgehead atoms. The Kier molecular flexibility index (Phi) is 6.80. The molecule has 0 aliphatic carbocycles. The number of carbonyl (C=O) groups excluding carboxylic acids is 2. The van der Waals surface area contributed by atoms with Gasteiger partial charge in [-0.05, 0) is 24.5 Å². The number of ether oxygens (including phenoxy) is 1. The van der Waals surface area contributed by atoms with Crippen LogP contribution >= 0.6 is 11.3 Å². The summed E-state index contributed by atoms with van der Waals surface area (Å²) in [6.45, 7) is 11.9. The number of aromatic nitrogens is 4. The number of aryl methyl sites for hydroxylation is 1. The van der Waals surface area contributed by atoms with Crippen LogP contribution in [-0.4, -0.2) is 31.9 Å². The summed E-state index contributed by atoms with van der Waals surface area (Å²) in [5.41, 5.74) is 5.28. The maximum Gasteiger partial charge on any atom is 0.232 e. The number of hydrogen-bond acceptors (Lipinski definition) is 8. The Hall–Kier alpha value is -3.98. The molecule has 39 heavy (non-hydrogen) atoms. The van der Waals surface area contributed by atoms with E-state index >= 15 is 0 Å². The second kappa shape index (κ2) is 9.96. The minimum Gasteiger partial charge on any atom is -0.420 e. The highest BCUT2D eigenvalue weighted by Crippen LogP contribution is 2.51. The molecule has 0 radical (unpaired) electrons. The standard InChI is InChI=1S/C30H31N5O3S/c1-17-7-12-20-24(30(5,6)27(37)34-28-35-31-16-39-28)21-13-14-22(33-26(21)38-25(20)32-17)18-8-10-19(11-9-18)23(36)15-29(2,3)4/h7-14,16,24H,15H2,1-6H3,(H,34,35,37)/t24-/m0/s1. The molecule has 1 atom stereocenters. The van der Waals surface area contributed by atoms with Gasteiger partial charge in [0.2, 0.25) is 22.8 Å². The van der Waals surface area contributed by atoms with Crippen LogP contribution in [-0.2, 0) is 4.79 Å². The van der Waals surface area contributed by atoms with Gasteiger partial charge in [0.15, 0.2) is 5.78 Å². The molecule has 1 aromatic carbocycles. The first-order valence-corrected chi connectivity index (χ1v) is 13.7. The molecule has 0 saturated carbocycles. The minimum atomic E-state index is -0.895. The van der Waals surface area contributed by atoms with Gasteiger partial charge in [-0.3, -0.25) is 9.59 Å². The van der Waals surface area contributed by atoms with Crippen molar-refractivity contribution < 1.29 is 14.3 Å². The summed E-state index contributed by atoms with van der Waals surface area (Å²) in [7, 11) is 0. The van der Waals surface area contributed by atoms with Crippen molar-refractivity contribution in [3.05, 3.63) is 76.4 Å². The molecule has 1 amide bonds. The van der Waals surface area contributed by atoms with Crippen molar-refractivity contribution in [2.24, 2.45) is 10.8 Å². The van der Waals surface area contributed by atoms with Crippen LogP contribution in [0, 0.1) is 17.8 Å². The largest absolute Gasteiger partial charge is 0.420 e. The number of anilines is 1. The molecule has 0 saturated heterocycles. The van der Waals surface area contributed by atoms with Gasteiger partial charge in [0.05, 0.1) is 11.1 Å². The van der Waals surface area contributed by atoms with Gasteiger partial charge in [0.25, 0.3) is 0 Å². The summed E-state index contributed by atoms with van der Waals surface area (Å²) < 4.78 is 6.22.